The molecule has 14 heteroatoms. The highest BCUT2D eigenvalue weighted by molar-refractivity contribution is 5.91. The van der Waals surface area contributed by atoms with Crippen molar-refractivity contribution in [2.24, 2.45) is 5.73 Å². The molecule has 0 spiro atoms. The highest BCUT2D eigenvalue weighted by Crippen LogP contribution is 2.45. The molecule has 47 heavy (non-hydrogen) atoms. The van der Waals surface area contributed by atoms with Gasteiger partial charge in [-0.2, -0.15) is 31.6 Å². The molecule has 3 aromatic carbocycles. The molecule has 3 N–H and O–H groups in total. The van der Waals surface area contributed by atoms with Crippen LogP contribution in [0.15, 0.2) is 72.9 Å². The highest BCUT2D eigenvalue weighted by atomic mass is 19.4. The summed E-state index contributed by atoms with van der Waals surface area (Å²) in [5, 5.41) is 19.8. The second-order valence-corrected chi connectivity index (χ2v) is 11.0. The fraction of sp³-hybridized carbons (Fsp3) is 0.273. The number of halogens is 6. The van der Waals surface area contributed by atoms with Crippen LogP contribution in [0.4, 0.5) is 36.8 Å². The van der Waals surface area contributed by atoms with Crippen LogP contribution in [0, 0.1) is 11.3 Å². The molecule has 244 valence electrons. The number of aromatic hydroxyl groups is 1. The fourth-order valence-corrected chi connectivity index (χ4v) is 5.69. The molecule has 1 aromatic heterocycles. The standard InChI is InChI=1S/C33H27F6N5O3/c1-2-25-29(41)28(30-42-16-27(45)24(43-30)13-19-10-20(15-40)12-22(11-19)33(37,38)39)23-14-21(32(34,35)36)8-9-26(23)44(25)31(46)47-17-18-6-4-3-5-7-18/h3-12,14,16,25,28-29,45H,2,13,17,41H2,1H3. The summed E-state index contributed by atoms with van der Waals surface area (Å²) in [6.07, 6.45) is -9.47. The molecule has 5 rings (SSSR count). The normalized spacial score (nSPS) is 17.9. The first-order valence-electron chi connectivity index (χ1n) is 14.3. The van der Waals surface area contributed by atoms with Crippen molar-refractivity contribution in [2.75, 3.05) is 4.90 Å². The monoisotopic (exact) mass is 655 g/mol. The molecule has 0 bridgehead atoms. The van der Waals surface area contributed by atoms with Crippen LogP contribution < -0.4 is 10.6 Å². The third kappa shape index (κ3) is 7.00. The predicted molar refractivity (Wildman–Crippen MR) is 157 cm³/mol. The lowest BCUT2D eigenvalue weighted by Crippen LogP contribution is -2.57. The van der Waals surface area contributed by atoms with E-state index >= 15 is 0 Å². The minimum atomic E-state index is -4.76. The second kappa shape index (κ2) is 12.9. The average molecular weight is 656 g/mol. The summed E-state index contributed by atoms with van der Waals surface area (Å²) >= 11 is 0. The maximum Gasteiger partial charge on any atom is 0.416 e. The molecule has 3 unspecified atom stereocenters. The Balaban J connectivity index is 1.58. The van der Waals surface area contributed by atoms with E-state index in [1.54, 1.807) is 43.3 Å². The molecular weight excluding hydrogens is 628 g/mol. The van der Waals surface area contributed by atoms with Crippen molar-refractivity contribution in [1.82, 2.24) is 9.97 Å². The predicted octanol–water partition coefficient (Wildman–Crippen LogP) is 7.08. The Kier molecular flexibility index (Phi) is 9.13. The number of aromatic nitrogens is 2. The minimum Gasteiger partial charge on any atom is -0.504 e. The molecule has 0 radical (unpaired) electrons. The number of hydrogen-bond donors (Lipinski definition) is 2. The Morgan fingerprint density at radius 3 is 2.34 bits per heavy atom. The van der Waals surface area contributed by atoms with Crippen LogP contribution in [-0.2, 0) is 30.1 Å². The molecule has 1 aliphatic rings. The van der Waals surface area contributed by atoms with Gasteiger partial charge in [-0.05, 0) is 59.5 Å². The number of nitriles is 1. The molecule has 0 saturated heterocycles. The van der Waals surface area contributed by atoms with Gasteiger partial charge in [-0.3, -0.25) is 4.90 Å². The number of amides is 1. The summed E-state index contributed by atoms with van der Waals surface area (Å²) in [7, 11) is 0. The van der Waals surface area contributed by atoms with Gasteiger partial charge in [0, 0.05) is 12.5 Å². The number of fused-ring (bicyclic) bond motifs is 1. The van der Waals surface area contributed by atoms with Crippen molar-refractivity contribution in [1.29, 1.82) is 5.26 Å². The zero-order valence-electron chi connectivity index (χ0n) is 24.7. The number of nitrogens with zero attached hydrogens (tertiary/aromatic N) is 4. The second-order valence-electron chi connectivity index (χ2n) is 11.0. The third-order valence-electron chi connectivity index (χ3n) is 7.89. The van der Waals surface area contributed by atoms with Crippen LogP contribution in [0.3, 0.4) is 0 Å². The van der Waals surface area contributed by atoms with E-state index in [4.69, 9.17) is 10.5 Å². The van der Waals surface area contributed by atoms with Gasteiger partial charge < -0.3 is 15.6 Å². The smallest absolute Gasteiger partial charge is 0.416 e. The SMILES string of the molecule is CCC1C(N)C(c2ncc(O)c(Cc3cc(C#N)cc(C(F)(F)F)c3)n2)c2cc(C(F)(F)F)ccc2N1C(=O)OCc1ccccc1. The topological polar surface area (TPSA) is 125 Å². The van der Waals surface area contributed by atoms with Crippen LogP contribution in [0.5, 0.6) is 5.75 Å². The molecule has 2 heterocycles. The van der Waals surface area contributed by atoms with Gasteiger partial charge in [-0.25, -0.2) is 14.8 Å². The summed E-state index contributed by atoms with van der Waals surface area (Å²) in [6, 6.07) is 14.1. The number of alkyl halides is 6. The van der Waals surface area contributed by atoms with Crippen molar-refractivity contribution in [3.63, 3.8) is 0 Å². The van der Waals surface area contributed by atoms with Gasteiger partial charge >= 0.3 is 18.4 Å². The van der Waals surface area contributed by atoms with E-state index in [1.807, 2.05) is 0 Å². The van der Waals surface area contributed by atoms with Crippen LogP contribution in [0.2, 0.25) is 0 Å². The summed E-state index contributed by atoms with van der Waals surface area (Å²) in [4.78, 5) is 23.2. The lowest BCUT2D eigenvalue weighted by Gasteiger charge is -2.44. The number of carbonyl (C=O) groups excluding carboxylic acids is 1. The first-order valence-corrected chi connectivity index (χ1v) is 14.3. The quantitative estimate of drug-likeness (QED) is 0.213. The Bertz CT molecular complexity index is 1820. The highest BCUT2D eigenvalue weighted by Gasteiger charge is 2.45. The van der Waals surface area contributed by atoms with Gasteiger partial charge in [0.25, 0.3) is 0 Å². The number of hydrogen-bond acceptors (Lipinski definition) is 7. The summed E-state index contributed by atoms with van der Waals surface area (Å²) in [5.41, 5.74) is 4.93. The van der Waals surface area contributed by atoms with Crippen molar-refractivity contribution in [3.05, 3.63) is 118 Å². The van der Waals surface area contributed by atoms with Gasteiger partial charge in [-0.1, -0.05) is 37.3 Å². The molecule has 0 fully saturated rings. The van der Waals surface area contributed by atoms with Crippen LogP contribution in [-0.4, -0.2) is 33.3 Å². The number of ether oxygens (including phenoxy) is 1. The van der Waals surface area contributed by atoms with Crippen LogP contribution in [0.25, 0.3) is 0 Å². The summed E-state index contributed by atoms with van der Waals surface area (Å²) < 4.78 is 87.8. The maximum absolute atomic E-state index is 13.9. The molecule has 8 nitrogen and oxygen atoms in total. The van der Waals surface area contributed by atoms with Gasteiger partial charge in [-0.15, -0.1) is 0 Å². The van der Waals surface area contributed by atoms with E-state index < -0.39 is 53.3 Å². The first-order chi connectivity index (χ1) is 22.2. The Labute approximate surface area is 265 Å². The van der Waals surface area contributed by atoms with Gasteiger partial charge in [0.1, 0.15) is 12.4 Å². The number of rotatable bonds is 6. The molecule has 4 aromatic rings. The number of carbonyl (C=O) groups is 1. The molecule has 1 amide bonds. The van der Waals surface area contributed by atoms with E-state index in [0.29, 0.717) is 11.6 Å². The number of benzene rings is 3. The molecular formula is C33H27F6N5O3. The largest absolute Gasteiger partial charge is 0.504 e. The zero-order chi connectivity index (χ0) is 34.1. The van der Waals surface area contributed by atoms with Crippen molar-refractivity contribution in [2.45, 2.75) is 56.7 Å². The third-order valence-corrected chi connectivity index (χ3v) is 7.89. The van der Waals surface area contributed by atoms with E-state index in [0.717, 1.165) is 30.5 Å². The van der Waals surface area contributed by atoms with Gasteiger partial charge in [0.15, 0.2) is 5.75 Å². The van der Waals surface area contributed by atoms with E-state index in [1.165, 1.54) is 11.0 Å². The first kappa shape index (κ1) is 33.2. The number of nitrogens with two attached hydrogens (primary N) is 1. The molecule has 1 aliphatic heterocycles. The Hall–Kier alpha value is -5.16. The maximum atomic E-state index is 13.9. The fourth-order valence-electron chi connectivity index (χ4n) is 5.69. The minimum absolute atomic E-state index is 0.00259. The van der Waals surface area contributed by atoms with Gasteiger partial charge in [0.05, 0.1) is 52.3 Å². The van der Waals surface area contributed by atoms with Gasteiger partial charge in [0.2, 0.25) is 0 Å². The number of anilines is 1. The van der Waals surface area contributed by atoms with Crippen LogP contribution >= 0.6 is 0 Å². The van der Waals surface area contributed by atoms with Crippen LogP contribution in [0.1, 0.15) is 64.2 Å². The van der Waals surface area contributed by atoms with Crippen molar-refractivity contribution < 1.29 is 41.0 Å². The molecule has 3 atom stereocenters. The average Bonchev–Trinajstić information content (AvgIpc) is 3.03. The Morgan fingerprint density at radius 1 is 1.00 bits per heavy atom. The lowest BCUT2D eigenvalue weighted by atomic mass is 9.79. The lowest BCUT2D eigenvalue weighted by molar-refractivity contribution is -0.138. The van der Waals surface area contributed by atoms with Crippen molar-refractivity contribution >= 4 is 11.8 Å². The summed E-state index contributed by atoms with van der Waals surface area (Å²) in [5.74, 6) is -1.74. The molecule has 0 saturated carbocycles. The van der Waals surface area contributed by atoms with E-state index in [2.05, 4.69) is 9.97 Å². The molecule has 0 aliphatic carbocycles. The zero-order valence-corrected chi connectivity index (χ0v) is 24.7. The van der Waals surface area contributed by atoms with Crippen molar-refractivity contribution in [3.8, 4) is 11.8 Å². The van der Waals surface area contributed by atoms with E-state index in [-0.39, 0.29) is 53.3 Å². The summed E-state index contributed by atoms with van der Waals surface area (Å²) in [6.45, 7) is 1.63. The van der Waals surface area contributed by atoms with E-state index in [9.17, 15) is 41.5 Å². The Morgan fingerprint density at radius 2 is 1.70 bits per heavy atom.